The molecule has 0 radical (unpaired) electrons. The van der Waals surface area contributed by atoms with Crippen LogP contribution in [-0.2, 0) is 16.4 Å². The predicted molar refractivity (Wildman–Crippen MR) is 211 cm³/mol. The number of rotatable bonds is 4. The fourth-order valence-electron chi connectivity index (χ4n) is 4.83. The van der Waals surface area contributed by atoms with Crippen LogP contribution in [-0.4, -0.2) is 39.5 Å². The Labute approximate surface area is 320 Å². The van der Waals surface area contributed by atoms with E-state index < -0.39 is 17.1 Å². The molecule has 0 unspecified atom stereocenters. The van der Waals surface area contributed by atoms with Crippen LogP contribution in [0.4, 0.5) is 0 Å². The second-order valence-corrected chi connectivity index (χ2v) is 15.4. The van der Waals surface area contributed by atoms with Gasteiger partial charge in [-0.05, 0) is 108 Å². The Balaban J connectivity index is 0.000000173. The molecule has 48 heavy (non-hydrogen) atoms. The Kier molecular flexibility index (Phi) is 13.5. The van der Waals surface area contributed by atoms with Crippen LogP contribution in [0.2, 0.25) is 10.0 Å². The molecule has 0 saturated heterocycles. The van der Waals surface area contributed by atoms with E-state index in [1.165, 1.54) is 35.0 Å². The molecule has 6 aromatic rings. The second kappa shape index (κ2) is 16.9. The maximum Gasteiger partial charge on any atom is 0.490 e. The first-order valence-electron chi connectivity index (χ1n) is 13.8. The summed E-state index contributed by atoms with van der Waals surface area (Å²) < 4.78 is 29.1. The number of allylic oxidation sites excluding steroid dienone is 1. The van der Waals surface area contributed by atoms with Crippen molar-refractivity contribution in [3.8, 4) is 0 Å². The van der Waals surface area contributed by atoms with Crippen LogP contribution in [0.25, 0.3) is 16.5 Å². The molecule has 1 aliphatic carbocycles. The van der Waals surface area contributed by atoms with Gasteiger partial charge in [-0.1, -0.05) is 97.4 Å². The van der Waals surface area contributed by atoms with Crippen LogP contribution >= 0.6 is 77.7 Å². The summed E-state index contributed by atoms with van der Waals surface area (Å²) in [6.07, 6.45) is 7.74. The van der Waals surface area contributed by atoms with E-state index in [0.29, 0.717) is 20.9 Å². The quantitative estimate of drug-likeness (QED) is 0.104. The van der Waals surface area contributed by atoms with Gasteiger partial charge in [-0.25, -0.2) is 22.4 Å². The summed E-state index contributed by atoms with van der Waals surface area (Å²) in [6, 6.07) is 27.0. The first-order chi connectivity index (χ1) is 22.5. The number of halogens is 5. The zero-order chi connectivity index (χ0) is 33.7. The van der Waals surface area contributed by atoms with Crippen molar-refractivity contribution in [2.75, 3.05) is 0 Å². The lowest BCUT2D eigenvalue weighted by Crippen LogP contribution is -2.29. The molecule has 246 valence electrons. The number of nitrogens with zero attached hydrogens (tertiary/aromatic N) is 3. The number of benzene rings is 3. The van der Waals surface area contributed by atoms with Crippen molar-refractivity contribution in [3.05, 3.63) is 155 Å². The van der Waals surface area contributed by atoms with Crippen molar-refractivity contribution in [2.24, 2.45) is 0 Å². The monoisotopic (exact) mass is 939 g/mol. The molecule has 7 rings (SSSR count). The number of hydrogen-bond donors (Lipinski definition) is 2. The van der Waals surface area contributed by atoms with Crippen LogP contribution in [0.15, 0.2) is 130 Å². The van der Waals surface area contributed by atoms with Crippen LogP contribution in [0.3, 0.4) is 0 Å². The summed E-state index contributed by atoms with van der Waals surface area (Å²) in [7, 11) is -5.52. The molecule has 0 bridgehead atoms. The minimum Gasteiger partial charge on any atom is -0.423 e. The fraction of sp³-hybridized carbons (Fsp3) is 0.0588. The average Bonchev–Trinajstić information content (AvgIpc) is 3.68. The number of fused-ring (bicyclic) bond motifs is 2. The zero-order valence-corrected chi connectivity index (χ0v) is 31.8. The van der Waals surface area contributed by atoms with Crippen molar-refractivity contribution in [3.63, 3.8) is 0 Å². The Bertz CT molecular complexity index is 2200. The Morgan fingerprint density at radius 2 is 1.42 bits per heavy atom. The number of aromatic nitrogens is 3. The molecule has 7 nitrogen and oxygen atoms in total. The third-order valence-electron chi connectivity index (χ3n) is 7.01. The molecule has 0 atom stereocenters. The molecule has 14 heteroatoms. The number of pyridine rings is 2. The fourth-order valence-corrected chi connectivity index (χ4v) is 8.07. The molecular weight excluding hydrogens is 915 g/mol. The largest absolute Gasteiger partial charge is 0.490 e. The van der Waals surface area contributed by atoms with Gasteiger partial charge in [-0.3, -0.25) is 0 Å². The highest BCUT2D eigenvalue weighted by atomic mass is 127. The van der Waals surface area contributed by atoms with E-state index in [1.807, 2.05) is 12.1 Å². The molecule has 3 aromatic carbocycles. The summed E-state index contributed by atoms with van der Waals surface area (Å²) in [5.74, 6) is 0. The molecule has 0 amide bonds. The van der Waals surface area contributed by atoms with Gasteiger partial charge in [0.15, 0.2) is 0 Å². The minimum absolute atomic E-state index is 0. The van der Waals surface area contributed by atoms with Gasteiger partial charge in [-0.15, -0.1) is 0 Å². The summed E-state index contributed by atoms with van der Waals surface area (Å²) in [4.78, 5) is 8.19. The average molecular weight is 942 g/mol. The molecule has 3 aromatic heterocycles. The molecule has 3 heterocycles. The van der Waals surface area contributed by atoms with Gasteiger partial charge < -0.3 is 10.0 Å². The molecule has 0 spiro atoms. The maximum absolute atomic E-state index is 12.7. The van der Waals surface area contributed by atoms with E-state index in [-0.39, 0.29) is 17.8 Å². The Morgan fingerprint density at radius 1 is 0.812 bits per heavy atom. The van der Waals surface area contributed by atoms with E-state index in [4.69, 9.17) is 23.2 Å². The van der Waals surface area contributed by atoms with Crippen molar-refractivity contribution in [1.29, 1.82) is 0 Å². The Hall–Kier alpha value is -2.56. The summed E-state index contributed by atoms with van der Waals surface area (Å²) in [5.41, 5.74) is 5.43. The Morgan fingerprint density at radius 3 is 2.08 bits per heavy atom. The third-order valence-corrected chi connectivity index (χ3v) is 11.4. The lowest BCUT2D eigenvalue weighted by molar-refractivity contribution is 0.426. The van der Waals surface area contributed by atoms with Gasteiger partial charge in [0.1, 0.15) is 9.21 Å². The minimum atomic E-state index is -3.78. The van der Waals surface area contributed by atoms with Gasteiger partial charge in [0.2, 0.25) is 0 Å². The molecule has 1 aliphatic rings. The summed E-state index contributed by atoms with van der Waals surface area (Å²) in [6.45, 7) is 0. The third kappa shape index (κ3) is 8.77. The topological polar surface area (TPSA) is 105 Å². The zero-order valence-electron chi connectivity index (χ0n) is 24.1. The van der Waals surface area contributed by atoms with Crippen LogP contribution in [0, 0.1) is 3.57 Å². The molecule has 2 N–H and O–H groups in total. The molecule has 0 aliphatic heterocycles. The maximum atomic E-state index is 12.7. The van der Waals surface area contributed by atoms with Crippen LogP contribution in [0.1, 0.15) is 24.1 Å². The van der Waals surface area contributed by atoms with E-state index >= 15 is 0 Å². The van der Waals surface area contributed by atoms with E-state index in [2.05, 4.69) is 94.8 Å². The second-order valence-electron chi connectivity index (χ2n) is 9.98. The summed E-state index contributed by atoms with van der Waals surface area (Å²) in [5, 5.41) is 20.7. The van der Waals surface area contributed by atoms with Gasteiger partial charge >= 0.3 is 7.12 Å². The van der Waals surface area contributed by atoms with Crippen molar-refractivity contribution < 1.29 is 18.5 Å². The smallest absolute Gasteiger partial charge is 0.423 e. The molecular formula is C34H27BBr2Cl2IN3O4S. The molecule has 0 fully saturated rings. The SMILES string of the molecule is C.Clc1cnc(Br)cc1C1=CCc2ccccc21.Clc1cnc(Br)cc1I.O=S(=O)(c1ccccc1)n1cc(B(O)O)c2ccccc21. The van der Waals surface area contributed by atoms with Crippen molar-refractivity contribution >= 4 is 117 Å². The predicted octanol–water partition coefficient (Wildman–Crippen LogP) is 8.78. The van der Waals surface area contributed by atoms with Crippen LogP contribution < -0.4 is 5.46 Å². The van der Waals surface area contributed by atoms with Gasteiger partial charge in [0.05, 0.1) is 20.5 Å². The number of hydrogen-bond acceptors (Lipinski definition) is 6. The highest BCUT2D eigenvalue weighted by molar-refractivity contribution is 14.1. The first kappa shape index (κ1) is 38.3. The van der Waals surface area contributed by atoms with Crippen molar-refractivity contribution in [1.82, 2.24) is 13.9 Å². The van der Waals surface area contributed by atoms with Gasteiger partial charge in [0, 0.05) is 38.6 Å². The summed E-state index contributed by atoms with van der Waals surface area (Å²) >= 11 is 20.7. The highest BCUT2D eigenvalue weighted by Gasteiger charge is 2.25. The lowest BCUT2D eigenvalue weighted by atomic mass is 9.80. The normalized spacial score (nSPS) is 11.7. The standard InChI is InChI=1S/C14H12BNO4S.C14H9BrClN.C5H2BrClIN.CH4/c17-15(18)13-10-16(14-9-5-4-8-12(13)14)21(19,20)11-6-2-1-3-7-11;15-14-7-12(13(16)8-17-14)11-6-5-9-3-1-2-4-10(9)11;6-5-1-4(8)3(7)2-9-5;/h1-10,17-18H;1-4,6-8H,5H2;1-2H;1H4. The molecule has 0 saturated carbocycles. The lowest BCUT2D eigenvalue weighted by Gasteiger charge is -2.08. The van der Waals surface area contributed by atoms with E-state index in [0.717, 1.165) is 28.7 Å². The van der Waals surface area contributed by atoms with Crippen LogP contribution in [0.5, 0.6) is 0 Å². The van der Waals surface area contributed by atoms with E-state index in [1.54, 1.807) is 54.9 Å². The van der Waals surface area contributed by atoms with Gasteiger partial charge in [0.25, 0.3) is 10.0 Å². The van der Waals surface area contributed by atoms with E-state index in [9.17, 15) is 18.5 Å². The van der Waals surface area contributed by atoms with Crippen molar-refractivity contribution in [2.45, 2.75) is 18.7 Å². The van der Waals surface area contributed by atoms with Gasteiger partial charge in [-0.2, -0.15) is 0 Å². The number of para-hydroxylation sites is 1. The highest BCUT2D eigenvalue weighted by Crippen LogP contribution is 2.36. The first-order valence-corrected chi connectivity index (χ1v) is 18.7.